The van der Waals surface area contributed by atoms with E-state index in [1.54, 1.807) is 6.26 Å². The summed E-state index contributed by atoms with van der Waals surface area (Å²) in [5, 5.41) is 0. The Bertz CT molecular complexity index is 1060. The van der Waals surface area contributed by atoms with Crippen molar-refractivity contribution in [3.8, 4) is 0 Å². The fraction of sp³-hybridized carbons (Fsp3) is 0.761. The van der Waals surface area contributed by atoms with Crippen molar-refractivity contribution in [2.45, 2.75) is 180 Å². The molecule has 0 aromatic heterocycles. The number of phosphoric acid groups is 1. The molecule has 0 radical (unpaired) electrons. The second kappa shape index (κ2) is 38.9. The predicted molar refractivity (Wildman–Crippen MR) is 233 cm³/mol. The van der Waals surface area contributed by atoms with E-state index in [0.29, 0.717) is 17.4 Å². The molecule has 2 atom stereocenters. The van der Waals surface area contributed by atoms with Crippen LogP contribution in [0.1, 0.15) is 174 Å². The Labute approximate surface area is 339 Å². The number of ether oxygens (including phenoxy) is 2. The molecule has 55 heavy (non-hydrogen) atoms. The summed E-state index contributed by atoms with van der Waals surface area (Å²) in [7, 11) is 1.65. The predicted octanol–water partition coefficient (Wildman–Crippen LogP) is 13.3. The number of esters is 1. The molecule has 1 N–H and O–H groups in total. The second-order valence-corrected chi connectivity index (χ2v) is 17.2. The number of hydrogen-bond acceptors (Lipinski definition) is 6. The van der Waals surface area contributed by atoms with Crippen molar-refractivity contribution in [2.24, 2.45) is 0 Å². The van der Waals surface area contributed by atoms with Gasteiger partial charge >= 0.3 is 13.8 Å². The molecule has 0 saturated heterocycles. The molecule has 0 aromatic carbocycles. The molecule has 0 rings (SSSR count). The Morgan fingerprint density at radius 3 is 1.55 bits per heavy atom. The second-order valence-electron chi connectivity index (χ2n) is 15.8. The molecule has 320 valence electrons. The average molecular weight is 795 g/mol. The molecule has 0 aromatic rings. The third kappa shape index (κ3) is 43.0. The van der Waals surface area contributed by atoms with Gasteiger partial charge in [0.05, 0.1) is 34.0 Å². The van der Waals surface area contributed by atoms with Gasteiger partial charge in [0.15, 0.2) is 6.10 Å². The van der Waals surface area contributed by atoms with Crippen LogP contribution in [-0.4, -0.2) is 69.0 Å². The number of phosphoric ester groups is 1. The third-order valence-corrected chi connectivity index (χ3v) is 10.2. The molecule has 0 aliphatic carbocycles. The first-order chi connectivity index (χ1) is 26.6. The van der Waals surface area contributed by atoms with Crippen molar-refractivity contribution in [2.75, 3.05) is 47.5 Å². The summed E-state index contributed by atoms with van der Waals surface area (Å²) in [5.74, 6) is -0.307. The smallest absolute Gasteiger partial charge is 0.472 e. The maximum absolute atomic E-state index is 12.5. The summed E-state index contributed by atoms with van der Waals surface area (Å²) in [6.07, 6.45) is 49.2. The Hall–Kier alpha value is -1.96. The van der Waals surface area contributed by atoms with Gasteiger partial charge in [0.25, 0.3) is 0 Å². The van der Waals surface area contributed by atoms with Gasteiger partial charge in [-0.3, -0.25) is 13.8 Å². The van der Waals surface area contributed by atoms with E-state index < -0.39 is 13.9 Å². The summed E-state index contributed by atoms with van der Waals surface area (Å²) in [6, 6.07) is 0. The van der Waals surface area contributed by atoms with Crippen LogP contribution in [0.15, 0.2) is 60.9 Å². The van der Waals surface area contributed by atoms with Gasteiger partial charge < -0.3 is 18.9 Å². The van der Waals surface area contributed by atoms with Crippen LogP contribution in [0.3, 0.4) is 0 Å². The number of likely N-dealkylation sites (N-methyl/N-ethyl adjacent to an activating group) is 1. The van der Waals surface area contributed by atoms with Gasteiger partial charge in [-0.2, -0.15) is 0 Å². The largest absolute Gasteiger partial charge is 0.492 e. The van der Waals surface area contributed by atoms with Crippen LogP contribution in [0.25, 0.3) is 0 Å². The van der Waals surface area contributed by atoms with Gasteiger partial charge in [0.2, 0.25) is 0 Å². The number of hydrogen-bond donors (Lipinski definition) is 1. The third-order valence-electron chi connectivity index (χ3n) is 9.17. The standard InChI is InChI=1S/C46H84NO7P/c1-6-8-10-12-14-16-18-20-22-23-24-25-26-27-29-31-33-35-37-39-46(48)52-43-45(44-54-55(49,50)53-42-40-47(3,4)5)51-41-38-36-34-32-30-28-21-19-17-15-13-11-9-7-2/h14,16,20,22,24-25,27,29,38,41,45H,6-13,15,17-19,21,23,26,28,30-37,39-40,42-44H2,1-5H3/p+1/b16-14-,22-20-,25-24-,29-27-,41-38-. The van der Waals surface area contributed by atoms with E-state index in [0.717, 1.165) is 57.8 Å². The molecule has 0 bridgehead atoms. The highest BCUT2D eigenvalue weighted by Crippen LogP contribution is 2.43. The minimum absolute atomic E-state index is 0.0666. The SMILES string of the molecule is CCCCC/C=C\C/C=C\C/C=C\C/C=C\CCCCCC(=O)OCC(COP(=O)(O)OCC[N+](C)(C)C)O/C=C\CCCCCCCCCCCCCC. The van der Waals surface area contributed by atoms with E-state index in [9.17, 15) is 14.3 Å². The zero-order chi connectivity index (χ0) is 40.6. The van der Waals surface area contributed by atoms with E-state index in [1.165, 1.54) is 96.3 Å². The summed E-state index contributed by atoms with van der Waals surface area (Å²) in [4.78, 5) is 22.7. The highest BCUT2D eigenvalue weighted by molar-refractivity contribution is 7.47. The Balaban J connectivity index is 4.34. The van der Waals surface area contributed by atoms with Crippen LogP contribution in [-0.2, 0) is 27.9 Å². The fourth-order valence-corrected chi connectivity index (χ4v) is 6.38. The molecule has 0 heterocycles. The maximum atomic E-state index is 12.5. The van der Waals surface area contributed by atoms with E-state index in [1.807, 2.05) is 27.2 Å². The lowest BCUT2D eigenvalue weighted by Crippen LogP contribution is -2.37. The van der Waals surface area contributed by atoms with Gasteiger partial charge in [0.1, 0.15) is 19.8 Å². The van der Waals surface area contributed by atoms with Crippen LogP contribution in [0, 0.1) is 0 Å². The molecular weight excluding hydrogens is 709 g/mol. The molecule has 2 unspecified atom stereocenters. The summed E-state index contributed by atoms with van der Waals surface area (Å²) in [6.45, 7) is 4.83. The first kappa shape index (κ1) is 53.0. The number of unbranched alkanes of at least 4 members (excludes halogenated alkanes) is 18. The Morgan fingerprint density at radius 1 is 0.582 bits per heavy atom. The zero-order valence-electron chi connectivity index (χ0n) is 36.1. The van der Waals surface area contributed by atoms with Gasteiger partial charge in [-0.05, 0) is 70.3 Å². The lowest BCUT2D eigenvalue weighted by molar-refractivity contribution is -0.870. The van der Waals surface area contributed by atoms with Crippen molar-refractivity contribution in [3.05, 3.63) is 60.9 Å². The topological polar surface area (TPSA) is 91.3 Å². The van der Waals surface area contributed by atoms with Crippen LogP contribution < -0.4 is 0 Å². The number of rotatable bonds is 40. The van der Waals surface area contributed by atoms with Gasteiger partial charge in [-0.1, -0.05) is 152 Å². The van der Waals surface area contributed by atoms with Crippen molar-refractivity contribution in [1.82, 2.24) is 0 Å². The zero-order valence-corrected chi connectivity index (χ0v) is 37.0. The normalized spacial score (nSPS) is 14.3. The van der Waals surface area contributed by atoms with Crippen molar-refractivity contribution in [3.63, 3.8) is 0 Å². The molecule has 0 amide bonds. The van der Waals surface area contributed by atoms with E-state index in [2.05, 4.69) is 62.5 Å². The van der Waals surface area contributed by atoms with Crippen molar-refractivity contribution >= 4 is 13.8 Å². The maximum Gasteiger partial charge on any atom is 0.472 e. The average Bonchev–Trinajstić information content (AvgIpc) is 3.14. The first-order valence-electron chi connectivity index (χ1n) is 22.1. The Kier molecular flexibility index (Phi) is 37.5. The highest BCUT2D eigenvalue weighted by atomic mass is 31.2. The summed E-state index contributed by atoms with van der Waals surface area (Å²) < 4.78 is 34.7. The van der Waals surface area contributed by atoms with Crippen LogP contribution in [0.2, 0.25) is 0 Å². The van der Waals surface area contributed by atoms with E-state index in [-0.39, 0.29) is 25.8 Å². The molecule has 0 spiro atoms. The molecule has 0 fully saturated rings. The van der Waals surface area contributed by atoms with Gasteiger partial charge in [-0.25, -0.2) is 4.57 Å². The molecule has 8 nitrogen and oxygen atoms in total. The van der Waals surface area contributed by atoms with Crippen LogP contribution in [0.4, 0.5) is 0 Å². The van der Waals surface area contributed by atoms with Gasteiger partial charge in [0, 0.05) is 6.42 Å². The molecule has 9 heteroatoms. The minimum Gasteiger partial charge on any atom is -0.492 e. The van der Waals surface area contributed by atoms with Crippen molar-refractivity contribution < 1.29 is 37.3 Å². The summed E-state index contributed by atoms with van der Waals surface area (Å²) in [5.41, 5.74) is 0. The lowest BCUT2D eigenvalue weighted by Gasteiger charge is -2.24. The van der Waals surface area contributed by atoms with Crippen LogP contribution in [0.5, 0.6) is 0 Å². The number of quaternary nitrogens is 1. The van der Waals surface area contributed by atoms with E-state index >= 15 is 0 Å². The minimum atomic E-state index is -4.27. The van der Waals surface area contributed by atoms with Gasteiger partial charge in [-0.15, -0.1) is 0 Å². The molecule has 0 aliphatic rings. The van der Waals surface area contributed by atoms with E-state index in [4.69, 9.17) is 18.5 Å². The lowest BCUT2D eigenvalue weighted by atomic mass is 10.0. The molecule has 0 aliphatic heterocycles. The summed E-state index contributed by atoms with van der Waals surface area (Å²) >= 11 is 0. The number of carbonyl (C=O) groups excluding carboxylic acids is 1. The first-order valence-corrected chi connectivity index (χ1v) is 23.6. The number of nitrogens with zero attached hydrogens (tertiary/aromatic N) is 1. The number of allylic oxidation sites excluding steroid dienone is 9. The fourth-order valence-electron chi connectivity index (χ4n) is 5.64. The highest BCUT2D eigenvalue weighted by Gasteiger charge is 2.25. The van der Waals surface area contributed by atoms with Crippen molar-refractivity contribution in [1.29, 1.82) is 0 Å². The number of carbonyl (C=O) groups is 1. The quantitative estimate of drug-likeness (QED) is 0.0165. The Morgan fingerprint density at radius 2 is 1.02 bits per heavy atom. The molecule has 0 saturated carbocycles. The van der Waals surface area contributed by atoms with Crippen LogP contribution >= 0.6 is 7.82 Å². The monoisotopic (exact) mass is 795 g/mol. The molecular formula is C46H85NO7P+.